The fourth-order valence-electron chi connectivity index (χ4n) is 3.39. The van der Waals surface area contributed by atoms with E-state index in [1.807, 2.05) is 0 Å². The first-order chi connectivity index (χ1) is 16.6. The first-order valence-electron chi connectivity index (χ1n) is 10.4. The maximum atomic E-state index is 15.0. The van der Waals surface area contributed by atoms with E-state index in [9.17, 15) is 26.0 Å². The maximum absolute atomic E-state index is 15.0. The summed E-state index contributed by atoms with van der Waals surface area (Å²) < 4.78 is 97.6. The molecule has 0 bridgehead atoms. The molecule has 2 aromatic carbocycles. The number of rotatable bonds is 8. The number of halogens is 5. The number of anilines is 1. The van der Waals surface area contributed by atoms with E-state index in [1.165, 1.54) is 34.6 Å². The van der Waals surface area contributed by atoms with Gasteiger partial charge in [-0.2, -0.15) is 18.3 Å². The molecule has 13 heteroatoms. The molecule has 6 nitrogen and oxygen atoms in total. The molecule has 0 aromatic heterocycles. The predicted octanol–water partition coefficient (Wildman–Crippen LogP) is 4.49. The van der Waals surface area contributed by atoms with Crippen LogP contribution in [0.4, 0.5) is 27.6 Å². The molecule has 0 aliphatic carbocycles. The van der Waals surface area contributed by atoms with Gasteiger partial charge in [0, 0.05) is 40.1 Å². The van der Waals surface area contributed by atoms with Crippen molar-refractivity contribution in [3.63, 3.8) is 0 Å². The summed E-state index contributed by atoms with van der Waals surface area (Å²) in [6.45, 7) is 1.22. The highest BCUT2D eigenvalue weighted by Crippen LogP contribution is 2.27. The third-order valence-electron chi connectivity index (χ3n) is 5.08. The van der Waals surface area contributed by atoms with Crippen molar-refractivity contribution in [2.24, 2.45) is 10.2 Å². The van der Waals surface area contributed by atoms with Crippen molar-refractivity contribution in [2.75, 3.05) is 22.4 Å². The van der Waals surface area contributed by atoms with E-state index in [-0.39, 0.29) is 28.6 Å². The van der Waals surface area contributed by atoms with Crippen molar-refractivity contribution in [1.29, 1.82) is 0 Å². The van der Waals surface area contributed by atoms with Crippen molar-refractivity contribution < 1.29 is 35.1 Å². The van der Waals surface area contributed by atoms with Crippen molar-refractivity contribution in [1.82, 2.24) is 0 Å². The standard InChI is InChI=1S/C22H22F5N3O3S2/c1-28-29-21(33-14-22(25,26)27)15-5-6-16(20(24)11-15)13-30(18-4-2-3-17(23)12-18)35(32)19-7-9-34(31)10-8-19/h2-6,11-12,19H,1,7-10,13-14H2/b29-21-. The Kier molecular flexibility index (Phi) is 9.11. The van der Waals surface area contributed by atoms with Crippen LogP contribution in [0.5, 0.6) is 0 Å². The summed E-state index contributed by atoms with van der Waals surface area (Å²) in [7, 11) is -2.66. The van der Waals surface area contributed by atoms with Crippen molar-refractivity contribution in [3.05, 3.63) is 65.2 Å². The molecule has 1 atom stereocenters. The van der Waals surface area contributed by atoms with E-state index < -0.39 is 52.1 Å². The summed E-state index contributed by atoms with van der Waals surface area (Å²) in [5.41, 5.74) is 0.230. The Labute approximate surface area is 203 Å². The fraction of sp³-hybridized carbons (Fsp3) is 0.364. The molecule has 190 valence electrons. The Bertz CT molecular complexity index is 1130. The van der Waals surface area contributed by atoms with Gasteiger partial charge < -0.3 is 4.74 Å². The Balaban J connectivity index is 1.88. The minimum atomic E-state index is -4.64. The first-order valence-corrected chi connectivity index (χ1v) is 13.0. The monoisotopic (exact) mass is 535 g/mol. The van der Waals surface area contributed by atoms with Gasteiger partial charge in [-0.05, 0) is 43.2 Å². The van der Waals surface area contributed by atoms with Crippen LogP contribution in [-0.4, -0.2) is 50.6 Å². The lowest BCUT2D eigenvalue weighted by molar-refractivity contribution is -0.156. The molecule has 0 spiro atoms. The van der Waals surface area contributed by atoms with Gasteiger partial charge in [-0.1, -0.05) is 12.1 Å². The molecule has 0 saturated carbocycles. The second-order valence-electron chi connectivity index (χ2n) is 7.60. The molecule has 3 rings (SSSR count). The maximum Gasteiger partial charge on any atom is 0.422 e. The molecule has 1 fully saturated rings. The molecule has 1 unspecified atom stereocenters. The molecule has 0 radical (unpaired) electrons. The third-order valence-corrected chi connectivity index (χ3v) is 8.28. The second-order valence-corrected chi connectivity index (χ2v) is 11.0. The minimum absolute atomic E-state index is 0.0625. The first kappa shape index (κ1) is 26.9. The van der Waals surface area contributed by atoms with Gasteiger partial charge in [0.2, 0.25) is 5.90 Å². The van der Waals surface area contributed by atoms with Crippen molar-refractivity contribution in [2.45, 2.75) is 30.8 Å². The topological polar surface area (TPSA) is 71.3 Å². The summed E-state index contributed by atoms with van der Waals surface area (Å²) in [5.74, 6) is -1.16. The highest BCUT2D eigenvalue weighted by Gasteiger charge is 2.30. The number of alkyl halides is 3. The average Bonchev–Trinajstić information content (AvgIpc) is 2.80. The SMILES string of the molecule is C=N/N=C(\OCC(F)(F)F)c1ccc(CN(c2cccc(F)c2)S(=O)C2CCS(=O)CC2)c(F)c1. The van der Waals surface area contributed by atoms with Crippen LogP contribution in [0.1, 0.15) is 24.0 Å². The highest BCUT2D eigenvalue weighted by atomic mass is 32.2. The normalized spacial score (nSPS) is 19.7. The summed E-state index contributed by atoms with van der Waals surface area (Å²) in [4.78, 5) is 0. The Morgan fingerprint density at radius 1 is 1.17 bits per heavy atom. The van der Waals surface area contributed by atoms with Crippen LogP contribution in [-0.2, 0) is 33.1 Å². The molecular formula is C22H22F5N3O3S2. The summed E-state index contributed by atoms with van der Waals surface area (Å²) in [6.07, 6.45) is -3.75. The van der Waals surface area contributed by atoms with E-state index in [2.05, 4.69) is 21.7 Å². The van der Waals surface area contributed by atoms with E-state index in [0.29, 0.717) is 24.3 Å². The summed E-state index contributed by atoms with van der Waals surface area (Å²) in [6, 6.07) is 8.88. The van der Waals surface area contributed by atoms with Crippen LogP contribution in [0.15, 0.2) is 52.7 Å². The lowest BCUT2D eigenvalue weighted by Gasteiger charge is -2.30. The summed E-state index contributed by atoms with van der Waals surface area (Å²) in [5, 5.41) is 6.22. The van der Waals surface area contributed by atoms with Crippen LogP contribution in [0, 0.1) is 11.6 Å². The van der Waals surface area contributed by atoms with Gasteiger partial charge in [0.05, 0.1) is 17.5 Å². The zero-order valence-electron chi connectivity index (χ0n) is 18.3. The summed E-state index contributed by atoms with van der Waals surface area (Å²) >= 11 is 0. The van der Waals surface area contributed by atoms with E-state index >= 15 is 4.39 Å². The lowest BCUT2D eigenvalue weighted by Crippen LogP contribution is -2.37. The van der Waals surface area contributed by atoms with Gasteiger partial charge in [0.15, 0.2) is 6.61 Å². The smallest absolute Gasteiger partial charge is 0.422 e. The van der Waals surface area contributed by atoms with Crippen LogP contribution in [0.2, 0.25) is 0 Å². The predicted molar refractivity (Wildman–Crippen MR) is 126 cm³/mol. The van der Waals surface area contributed by atoms with Crippen LogP contribution < -0.4 is 4.31 Å². The van der Waals surface area contributed by atoms with Gasteiger partial charge in [-0.25, -0.2) is 13.0 Å². The molecule has 1 saturated heterocycles. The second kappa shape index (κ2) is 11.8. The van der Waals surface area contributed by atoms with Crippen LogP contribution in [0.3, 0.4) is 0 Å². The molecule has 1 heterocycles. The lowest BCUT2D eigenvalue weighted by atomic mass is 10.1. The molecule has 2 aromatic rings. The van der Waals surface area contributed by atoms with Gasteiger partial charge in [0.1, 0.15) is 22.6 Å². The minimum Gasteiger partial charge on any atom is -0.467 e. The number of nitrogens with zero attached hydrogens (tertiary/aromatic N) is 3. The molecule has 1 aliphatic heterocycles. The number of hydrogen-bond acceptors (Lipinski definition) is 5. The van der Waals surface area contributed by atoms with E-state index in [4.69, 9.17) is 0 Å². The van der Waals surface area contributed by atoms with Gasteiger partial charge in [-0.3, -0.25) is 8.51 Å². The van der Waals surface area contributed by atoms with Gasteiger partial charge in [0.25, 0.3) is 0 Å². The Morgan fingerprint density at radius 2 is 1.89 bits per heavy atom. The molecule has 35 heavy (non-hydrogen) atoms. The van der Waals surface area contributed by atoms with Crippen molar-refractivity contribution in [3.8, 4) is 0 Å². The fourth-order valence-corrected chi connectivity index (χ4v) is 6.58. The quantitative estimate of drug-likeness (QED) is 0.217. The van der Waals surface area contributed by atoms with E-state index in [0.717, 1.165) is 6.07 Å². The van der Waals surface area contributed by atoms with Crippen LogP contribution in [0.25, 0.3) is 0 Å². The van der Waals surface area contributed by atoms with Crippen LogP contribution >= 0.6 is 0 Å². The molecule has 1 aliphatic rings. The molecular weight excluding hydrogens is 513 g/mol. The average molecular weight is 536 g/mol. The Morgan fingerprint density at radius 3 is 2.49 bits per heavy atom. The highest BCUT2D eigenvalue weighted by molar-refractivity contribution is 7.88. The number of ether oxygens (including phenoxy) is 1. The largest absolute Gasteiger partial charge is 0.467 e. The Hall–Kier alpha value is -2.67. The third kappa shape index (κ3) is 7.66. The molecule has 0 amide bonds. The number of benzene rings is 2. The van der Waals surface area contributed by atoms with Gasteiger partial charge in [-0.15, -0.1) is 5.10 Å². The van der Waals surface area contributed by atoms with E-state index in [1.54, 1.807) is 6.07 Å². The zero-order valence-corrected chi connectivity index (χ0v) is 20.0. The molecule has 0 N–H and O–H groups in total. The van der Waals surface area contributed by atoms with Gasteiger partial charge >= 0.3 is 6.18 Å². The zero-order chi connectivity index (χ0) is 25.6. The van der Waals surface area contributed by atoms with Crippen molar-refractivity contribution >= 4 is 40.1 Å². The number of hydrogen-bond donors (Lipinski definition) is 0.